The molecule has 0 saturated carbocycles. The summed E-state index contributed by atoms with van der Waals surface area (Å²) in [5.41, 5.74) is 2.93. The van der Waals surface area contributed by atoms with Crippen LogP contribution in [0.2, 0.25) is 0 Å². The summed E-state index contributed by atoms with van der Waals surface area (Å²) >= 11 is 1.55. The van der Waals surface area contributed by atoms with Crippen molar-refractivity contribution in [2.24, 2.45) is 0 Å². The maximum atomic E-state index is 11.7. The molecule has 1 atom stereocenters. The van der Waals surface area contributed by atoms with E-state index in [-0.39, 0.29) is 0 Å². The first-order valence-electron chi connectivity index (χ1n) is 7.16. The van der Waals surface area contributed by atoms with E-state index >= 15 is 0 Å². The molecule has 1 N–H and O–H groups in total. The lowest BCUT2D eigenvalue weighted by Gasteiger charge is -2.34. The number of carboxylic acids is 1. The van der Waals surface area contributed by atoms with Gasteiger partial charge in [0.2, 0.25) is 0 Å². The first-order valence-corrected chi connectivity index (χ1v) is 8.04. The third-order valence-corrected chi connectivity index (χ3v) is 4.72. The molecule has 0 amide bonds. The van der Waals surface area contributed by atoms with E-state index < -0.39 is 12.0 Å². The molecule has 0 fully saturated rings. The standard InChI is InChI=1S/C16H18N2O3S/c1-21-9-14-17-12(10-22-14)8-18-7-6-11-4-2-3-5-13(11)15(18)16(19)20/h2-5,10,15H,6-9H2,1H3,(H,19,20). The zero-order valence-corrected chi connectivity index (χ0v) is 13.2. The number of hydrogen-bond acceptors (Lipinski definition) is 5. The largest absolute Gasteiger partial charge is 0.480 e. The second-order valence-corrected chi connectivity index (χ2v) is 6.27. The SMILES string of the molecule is COCc1nc(CN2CCc3ccccc3C2C(=O)O)cs1. The molecule has 2 heterocycles. The summed E-state index contributed by atoms with van der Waals surface area (Å²) < 4.78 is 5.08. The van der Waals surface area contributed by atoms with E-state index in [1.165, 1.54) is 0 Å². The van der Waals surface area contributed by atoms with Crippen LogP contribution in [-0.4, -0.2) is 34.6 Å². The molecule has 0 radical (unpaired) electrons. The Labute approximate surface area is 133 Å². The minimum Gasteiger partial charge on any atom is -0.480 e. The minimum atomic E-state index is -0.806. The number of carbonyl (C=O) groups is 1. The van der Waals surface area contributed by atoms with Crippen molar-refractivity contribution in [1.29, 1.82) is 0 Å². The lowest BCUT2D eigenvalue weighted by molar-refractivity contribution is -0.144. The number of hydrogen-bond donors (Lipinski definition) is 1. The lowest BCUT2D eigenvalue weighted by Crippen LogP contribution is -2.39. The Bertz CT molecular complexity index is 671. The third-order valence-electron chi connectivity index (χ3n) is 3.85. The Morgan fingerprint density at radius 2 is 2.32 bits per heavy atom. The van der Waals surface area contributed by atoms with E-state index in [1.54, 1.807) is 18.4 Å². The topological polar surface area (TPSA) is 62.7 Å². The second kappa shape index (κ2) is 6.56. The molecule has 0 aliphatic carbocycles. The Kier molecular flexibility index (Phi) is 4.52. The molecule has 0 spiro atoms. The van der Waals surface area contributed by atoms with Crippen LogP contribution >= 0.6 is 11.3 Å². The summed E-state index contributed by atoms with van der Waals surface area (Å²) in [6.07, 6.45) is 0.870. The molecule has 1 aromatic heterocycles. The van der Waals surface area contributed by atoms with E-state index in [1.807, 2.05) is 34.5 Å². The third kappa shape index (κ3) is 3.04. The van der Waals surface area contributed by atoms with Crippen LogP contribution in [0.5, 0.6) is 0 Å². The number of aromatic nitrogens is 1. The van der Waals surface area contributed by atoms with Crippen molar-refractivity contribution in [2.75, 3.05) is 13.7 Å². The first-order chi connectivity index (χ1) is 10.7. The summed E-state index contributed by atoms with van der Waals surface area (Å²) in [6, 6.07) is 7.19. The molecule has 22 heavy (non-hydrogen) atoms. The number of methoxy groups -OCH3 is 1. The number of nitrogens with zero attached hydrogens (tertiary/aromatic N) is 2. The van der Waals surface area contributed by atoms with Gasteiger partial charge in [0.1, 0.15) is 11.0 Å². The first kappa shape index (κ1) is 15.1. The van der Waals surface area contributed by atoms with Crippen LogP contribution in [0.3, 0.4) is 0 Å². The van der Waals surface area contributed by atoms with Gasteiger partial charge in [-0.15, -0.1) is 11.3 Å². The van der Waals surface area contributed by atoms with E-state index in [0.29, 0.717) is 13.2 Å². The van der Waals surface area contributed by atoms with Gasteiger partial charge in [0.15, 0.2) is 0 Å². The number of rotatable bonds is 5. The number of benzene rings is 1. The van der Waals surface area contributed by atoms with E-state index in [2.05, 4.69) is 4.98 Å². The number of ether oxygens (including phenoxy) is 1. The van der Waals surface area contributed by atoms with Gasteiger partial charge in [-0.3, -0.25) is 9.69 Å². The maximum Gasteiger partial charge on any atom is 0.325 e. The van der Waals surface area contributed by atoms with Gasteiger partial charge in [-0.1, -0.05) is 24.3 Å². The van der Waals surface area contributed by atoms with Crippen molar-refractivity contribution < 1.29 is 14.6 Å². The molecule has 0 saturated heterocycles. The molecule has 5 nitrogen and oxygen atoms in total. The van der Waals surface area contributed by atoms with Crippen LogP contribution in [0.25, 0.3) is 0 Å². The zero-order valence-electron chi connectivity index (χ0n) is 12.4. The van der Waals surface area contributed by atoms with Gasteiger partial charge in [0, 0.05) is 25.6 Å². The molecular formula is C16H18N2O3S. The molecule has 3 rings (SSSR count). The van der Waals surface area contributed by atoms with E-state index in [9.17, 15) is 9.90 Å². The average molecular weight is 318 g/mol. The molecule has 116 valence electrons. The van der Waals surface area contributed by atoms with Crippen molar-refractivity contribution in [3.63, 3.8) is 0 Å². The van der Waals surface area contributed by atoms with Gasteiger partial charge in [-0.05, 0) is 17.5 Å². The summed E-state index contributed by atoms with van der Waals surface area (Å²) in [6.45, 7) is 1.77. The second-order valence-electron chi connectivity index (χ2n) is 5.33. The lowest BCUT2D eigenvalue weighted by atomic mass is 9.92. The number of fused-ring (bicyclic) bond motifs is 1. The Balaban J connectivity index is 1.82. The van der Waals surface area contributed by atoms with E-state index in [4.69, 9.17) is 4.74 Å². The Morgan fingerprint density at radius 1 is 1.50 bits per heavy atom. The van der Waals surface area contributed by atoms with Crippen molar-refractivity contribution in [2.45, 2.75) is 25.6 Å². The summed E-state index contributed by atoms with van der Waals surface area (Å²) in [5, 5.41) is 12.5. The highest BCUT2D eigenvalue weighted by Gasteiger charge is 2.32. The van der Waals surface area contributed by atoms with Crippen molar-refractivity contribution in [1.82, 2.24) is 9.88 Å². The molecule has 2 aromatic rings. The molecule has 1 aliphatic rings. The van der Waals surface area contributed by atoms with Crippen molar-refractivity contribution >= 4 is 17.3 Å². The quantitative estimate of drug-likeness (QED) is 0.917. The predicted octanol–water partition coefficient (Wildman–Crippen LogP) is 2.47. The van der Waals surface area contributed by atoms with Crippen LogP contribution in [0.4, 0.5) is 0 Å². The van der Waals surface area contributed by atoms with Crippen LogP contribution in [-0.2, 0) is 29.1 Å². The summed E-state index contributed by atoms with van der Waals surface area (Å²) in [4.78, 5) is 18.2. The average Bonchev–Trinajstić information content (AvgIpc) is 2.94. The highest BCUT2D eigenvalue weighted by molar-refractivity contribution is 7.09. The fourth-order valence-corrected chi connectivity index (χ4v) is 3.65. The van der Waals surface area contributed by atoms with Crippen molar-refractivity contribution in [3.05, 3.63) is 51.5 Å². The molecule has 1 aliphatic heterocycles. The van der Waals surface area contributed by atoms with Gasteiger partial charge in [0.05, 0.1) is 12.3 Å². The molecule has 1 aromatic carbocycles. The van der Waals surface area contributed by atoms with Crippen LogP contribution in [0, 0.1) is 0 Å². The van der Waals surface area contributed by atoms with Crippen LogP contribution < -0.4 is 0 Å². The van der Waals surface area contributed by atoms with Gasteiger partial charge < -0.3 is 9.84 Å². The summed E-state index contributed by atoms with van der Waals surface area (Å²) in [5.74, 6) is -0.806. The molecule has 1 unspecified atom stereocenters. The fourth-order valence-electron chi connectivity index (χ4n) is 2.90. The number of carboxylic acid groups (broad SMARTS) is 1. The smallest absolute Gasteiger partial charge is 0.325 e. The number of thiazole rings is 1. The van der Waals surface area contributed by atoms with Gasteiger partial charge in [0.25, 0.3) is 0 Å². The minimum absolute atomic E-state index is 0.496. The maximum absolute atomic E-state index is 11.7. The van der Waals surface area contributed by atoms with Gasteiger partial charge >= 0.3 is 5.97 Å². The highest BCUT2D eigenvalue weighted by atomic mass is 32.1. The Morgan fingerprint density at radius 3 is 3.09 bits per heavy atom. The van der Waals surface area contributed by atoms with Gasteiger partial charge in [-0.2, -0.15) is 0 Å². The zero-order chi connectivity index (χ0) is 15.5. The monoisotopic (exact) mass is 318 g/mol. The van der Waals surface area contributed by atoms with Crippen LogP contribution in [0.15, 0.2) is 29.6 Å². The normalized spacial score (nSPS) is 18.1. The predicted molar refractivity (Wildman–Crippen MR) is 83.8 cm³/mol. The van der Waals surface area contributed by atoms with E-state index in [0.717, 1.165) is 34.8 Å². The number of aliphatic carboxylic acids is 1. The fraction of sp³-hybridized carbons (Fsp3) is 0.375. The molecular weight excluding hydrogens is 300 g/mol. The van der Waals surface area contributed by atoms with Gasteiger partial charge in [-0.25, -0.2) is 4.98 Å². The Hall–Kier alpha value is -1.76. The van der Waals surface area contributed by atoms with Crippen molar-refractivity contribution in [3.8, 4) is 0 Å². The highest BCUT2D eigenvalue weighted by Crippen LogP contribution is 2.31. The van der Waals surface area contributed by atoms with Crippen LogP contribution in [0.1, 0.15) is 27.9 Å². The molecule has 0 bridgehead atoms. The molecule has 6 heteroatoms. The summed E-state index contributed by atoms with van der Waals surface area (Å²) in [7, 11) is 1.64.